The first-order chi connectivity index (χ1) is 19.1. The average Bonchev–Trinajstić information content (AvgIpc) is 3.85. The number of aryl methyl sites for hydroxylation is 2. The van der Waals surface area contributed by atoms with Gasteiger partial charge < -0.3 is 5.32 Å². The molecule has 2 aliphatic carbocycles. The van der Waals surface area contributed by atoms with Gasteiger partial charge in [-0.2, -0.15) is 0 Å². The lowest BCUT2D eigenvalue weighted by Crippen LogP contribution is -2.23. The molecular formula is C31H27Cl2FN4O2. The summed E-state index contributed by atoms with van der Waals surface area (Å²) in [5.41, 5.74) is 3.73. The Morgan fingerprint density at radius 3 is 2.60 bits per heavy atom. The van der Waals surface area contributed by atoms with Crippen LogP contribution in [0, 0.1) is 25.1 Å². The molecule has 0 unspecified atom stereocenters. The predicted molar refractivity (Wildman–Crippen MR) is 155 cm³/mol. The Hall–Kier alpha value is -3.55. The molecule has 0 radical (unpaired) electrons. The fourth-order valence-electron chi connectivity index (χ4n) is 5.26. The van der Waals surface area contributed by atoms with Crippen LogP contribution < -0.4 is 10.9 Å². The van der Waals surface area contributed by atoms with Crippen LogP contribution in [0.25, 0.3) is 16.9 Å². The number of hydrogen-bond acceptors (Lipinski definition) is 4. The van der Waals surface area contributed by atoms with Gasteiger partial charge in [0.2, 0.25) is 5.91 Å². The lowest BCUT2D eigenvalue weighted by Gasteiger charge is -2.17. The van der Waals surface area contributed by atoms with Gasteiger partial charge in [0.05, 0.1) is 22.1 Å². The topological polar surface area (TPSA) is 76.9 Å². The zero-order valence-electron chi connectivity index (χ0n) is 22.3. The van der Waals surface area contributed by atoms with Crippen molar-refractivity contribution in [2.24, 2.45) is 5.41 Å². The van der Waals surface area contributed by atoms with E-state index in [-0.39, 0.29) is 39.6 Å². The number of rotatable bonds is 6. The van der Waals surface area contributed by atoms with Crippen LogP contribution in [0.1, 0.15) is 60.4 Å². The third-order valence-electron chi connectivity index (χ3n) is 8.09. The number of pyridine rings is 3. The molecule has 4 aromatic rings. The zero-order valence-corrected chi connectivity index (χ0v) is 23.8. The van der Waals surface area contributed by atoms with E-state index in [1.807, 2.05) is 32.9 Å². The Morgan fingerprint density at radius 2 is 1.88 bits per heavy atom. The molecule has 0 saturated heterocycles. The summed E-state index contributed by atoms with van der Waals surface area (Å²) >= 11 is 12.8. The fourth-order valence-corrected chi connectivity index (χ4v) is 5.72. The monoisotopic (exact) mass is 576 g/mol. The first-order valence-corrected chi connectivity index (χ1v) is 13.9. The number of carbonyl (C=O) groups is 1. The maximum atomic E-state index is 15.6. The van der Waals surface area contributed by atoms with Crippen molar-refractivity contribution in [3.8, 4) is 16.9 Å². The molecule has 6 nitrogen and oxygen atoms in total. The number of benzene rings is 1. The van der Waals surface area contributed by atoms with Crippen LogP contribution in [0.5, 0.6) is 0 Å². The van der Waals surface area contributed by atoms with Crippen LogP contribution in [0.15, 0.2) is 59.8 Å². The third kappa shape index (κ3) is 4.71. The quantitative estimate of drug-likeness (QED) is 0.260. The molecular weight excluding hydrogens is 550 g/mol. The second kappa shape index (κ2) is 9.82. The van der Waals surface area contributed by atoms with E-state index in [1.54, 1.807) is 41.4 Å². The summed E-state index contributed by atoms with van der Waals surface area (Å²) in [5, 5.41) is 3.46. The summed E-state index contributed by atoms with van der Waals surface area (Å²) in [4.78, 5) is 34.8. The second-order valence-electron chi connectivity index (χ2n) is 11.1. The maximum Gasteiger partial charge on any atom is 0.274 e. The standard InChI is InChI=1S/C31H27Cl2FN4O2/c1-16-13-36-25(20-5-4-6-24(28(20)34)37-30(40)31(3)7-8-31)12-26(16)38-17(2)9-23(27(33)29(38)39)22-11-21(22)18-10-19(32)15-35-14-18/h4-6,9-10,12-15,21-22H,7-8,11H2,1-3H3,(H,37,40)/t21-,22+/m1/s1. The Bertz CT molecular complexity index is 1750. The van der Waals surface area contributed by atoms with E-state index in [0.29, 0.717) is 22.1 Å². The van der Waals surface area contributed by atoms with Crippen molar-refractivity contribution >= 4 is 34.8 Å². The third-order valence-corrected chi connectivity index (χ3v) is 8.68. The lowest BCUT2D eigenvalue weighted by molar-refractivity contribution is -0.120. The van der Waals surface area contributed by atoms with Gasteiger partial charge in [-0.1, -0.05) is 36.2 Å². The van der Waals surface area contributed by atoms with E-state index in [1.165, 1.54) is 6.07 Å². The Kier molecular flexibility index (Phi) is 6.55. The first kappa shape index (κ1) is 26.7. The van der Waals surface area contributed by atoms with Crippen LogP contribution in [-0.2, 0) is 4.79 Å². The Labute approximate surface area is 241 Å². The van der Waals surface area contributed by atoms with Gasteiger partial charge in [0, 0.05) is 35.3 Å². The Morgan fingerprint density at radius 1 is 1.10 bits per heavy atom. The molecule has 3 heterocycles. The van der Waals surface area contributed by atoms with Crippen molar-refractivity contribution in [2.45, 2.75) is 51.9 Å². The van der Waals surface area contributed by atoms with Gasteiger partial charge >= 0.3 is 0 Å². The molecule has 0 bridgehead atoms. The van der Waals surface area contributed by atoms with Crippen molar-refractivity contribution in [3.05, 3.63) is 104 Å². The van der Waals surface area contributed by atoms with Crippen molar-refractivity contribution in [2.75, 3.05) is 5.32 Å². The van der Waals surface area contributed by atoms with Gasteiger partial charge in [0.1, 0.15) is 5.02 Å². The van der Waals surface area contributed by atoms with Gasteiger partial charge in [-0.25, -0.2) is 4.39 Å². The van der Waals surface area contributed by atoms with E-state index in [2.05, 4.69) is 15.3 Å². The number of aromatic nitrogens is 3. The van der Waals surface area contributed by atoms with Crippen molar-refractivity contribution in [3.63, 3.8) is 0 Å². The number of nitrogens with one attached hydrogen (secondary N) is 1. The summed E-state index contributed by atoms with van der Waals surface area (Å²) < 4.78 is 17.1. The van der Waals surface area contributed by atoms with Gasteiger partial charge in [-0.05, 0) is 92.0 Å². The number of nitrogens with zero attached hydrogens (tertiary/aromatic N) is 3. The summed E-state index contributed by atoms with van der Waals surface area (Å²) in [6.45, 7) is 5.56. The molecule has 1 aromatic carbocycles. The number of carbonyl (C=O) groups excluding carboxylic acids is 1. The first-order valence-electron chi connectivity index (χ1n) is 13.2. The minimum absolute atomic E-state index is 0.104. The highest BCUT2D eigenvalue weighted by Gasteiger charge is 2.45. The van der Waals surface area contributed by atoms with E-state index in [9.17, 15) is 9.59 Å². The maximum absolute atomic E-state index is 15.6. The molecule has 0 aliphatic heterocycles. The van der Waals surface area contributed by atoms with Crippen molar-refractivity contribution in [1.82, 2.24) is 14.5 Å². The summed E-state index contributed by atoms with van der Waals surface area (Å²) in [7, 11) is 0. The molecule has 6 rings (SSSR count). The SMILES string of the molecule is Cc1cnc(-c2cccc(NC(=O)C3(C)CC3)c2F)cc1-n1c(C)cc([C@H]2C[C@@H]2c2cncc(Cl)c2)c(Cl)c1=O. The largest absolute Gasteiger partial charge is 0.323 e. The predicted octanol–water partition coefficient (Wildman–Crippen LogP) is 7.37. The van der Waals surface area contributed by atoms with E-state index >= 15 is 4.39 Å². The number of halogens is 3. The molecule has 2 fully saturated rings. The molecule has 40 heavy (non-hydrogen) atoms. The number of amides is 1. The smallest absolute Gasteiger partial charge is 0.274 e. The molecule has 0 spiro atoms. The van der Waals surface area contributed by atoms with E-state index < -0.39 is 11.2 Å². The summed E-state index contributed by atoms with van der Waals surface area (Å²) in [6.07, 6.45) is 7.44. The average molecular weight is 577 g/mol. The molecule has 204 valence electrons. The summed E-state index contributed by atoms with van der Waals surface area (Å²) in [5.74, 6) is -0.462. The van der Waals surface area contributed by atoms with Gasteiger partial charge in [-0.3, -0.25) is 24.1 Å². The highest BCUT2D eigenvalue weighted by Crippen LogP contribution is 2.56. The highest BCUT2D eigenvalue weighted by molar-refractivity contribution is 6.31. The second-order valence-corrected chi connectivity index (χ2v) is 11.9. The molecule has 2 aliphatic rings. The zero-order chi connectivity index (χ0) is 28.3. The molecule has 1 amide bonds. The van der Waals surface area contributed by atoms with Gasteiger partial charge in [0.25, 0.3) is 5.56 Å². The Balaban J connectivity index is 1.35. The van der Waals surface area contributed by atoms with Crippen LogP contribution >= 0.6 is 23.2 Å². The lowest BCUT2D eigenvalue weighted by atomic mass is 10.0. The van der Waals surface area contributed by atoms with Crippen LogP contribution in [0.2, 0.25) is 10.0 Å². The minimum Gasteiger partial charge on any atom is -0.323 e. The fraction of sp³-hybridized carbons (Fsp3) is 0.290. The molecule has 9 heteroatoms. The van der Waals surface area contributed by atoms with Gasteiger partial charge in [0.15, 0.2) is 5.82 Å². The van der Waals surface area contributed by atoms with Crippen molar-refractivity contribution in [1.29, 1.82) is 0 Å². The van der Waals surface area contributed by atoms with Crippen LogP contribution in [0.3, 0.4) is 0 Å². The van der Waals surface area contributed by atoms with Crippen molar-refractivity contribution < 1.29 is 9.18 Å². The molecule has 1 N–H and O–H groups in total. The molecule has 2 atom stereocenters. The number of anilines is 1. The van der Waals surface area contributed by atoms with Gasteiger partial charge in [-0.15, -0.1) is 0 Å². The van der Waals surface area contributed by atoms with E-state index in [4.69, 9.17) is 23.2 Å². The molecule has 3 aromatic heterocycles. The number of hydrogen-bond donors (Lipinski definition) is 1. The minimum atomic E-state index is -0.574. The van der Waals surface area contributed by atoms with E-state index in [0.717, 1.165) is 36.0 Å². The normalized spacial score (nSPS) is 18.9. The highest BCUT2D eigenvalue weighted by atomic mass is 35.5. The van der Waals surface area contributed by atoms with Crippen LogP contribution in [0.4, 0.5) is 10.1 Å². The summed E-state index contributed by atoms with van der Waals surface area (Å²) in [6, 6.07) is 10.3. The van der Waals surface area contributed by atoms with Crippen LogP contribution in [-0.4, -0.2) is 20.4 Å². The molecule has 2 saturated carbocycles.